The Labute approximate surface area is 186 Å². The second-order valence-corrected chi connectivity index (χ2v) is 9.10. The average molecular weight is 454 g/mol. The lowest BCUT2D eigenvalue weighted by Gasteiger charge is -2.36. The van der Waals surface area contributed by atoms with Gasteiger partial charge in [0.2, 0.25) is 5.91 Å². The van der Waals surface area contributed by atoms with E-state index in [0.29, 0.717) is 44.9 Å². The quantitative estimate of drug-likeness (QED) is 0.699. The molecule has 6 nitrogen and oxygen atoms in total. The monoisotopic (exact) mass is 453 g/mol. The maximum Gasteiger partial charge on any atom is 0.416 e. The molecule has 1 atom stereocenters. The largest absolute Gasteiger partial charge is 0.450 e. The van der Waals surface area contributed by atoms with Crippen molar-refractivity contribution < 1.29 is 27.5 Å². The van der Waals surface area contributed by atoms with Crippen LogP contribution in [0.1, 0.15) is 37.3 Å². The molecule has 0 aromatic heterocycles. The smallest absolute Gasteiger partial charge is 0.416 e. The Kier molecular flexibility index (Phi) is 6.38. The SMILES string of the molecule is CCOC(=O)N1CCN(C(=O)[C@H]2CC23CCN(Cc2cccc(C(F)(F)F)c2)CC3)CC1. The van der Waals surface area contributed by atoms with Gasteiger partial charge in [0.1, 0.15) is 0 Å². The number of amides is 2. The van der Waals surface area contributed by atoms with Gasteiger partial charge >= 0.3 is 12.3 Å². The molecule has 0 unspecified atom stereocenters. The molecule has 1 spiro atoms. The highest BCUT2D eigenvalue weighted by Crippen LogP contribution is 2.60. The molecular weight excluding hydrogens is 423 g/mol. The van der Waals surface area contributed by atoms with Gasteiger partial charge in [-0.1, -0.05) is 18.2 Å². The van der Waals surface area contributed by atoms with Crippen molar-refractivity contribution in [3.8, 4) is 0 Å². The number of alkyl halides is 3. The summed E-state index contributed by atoms with van der Waals surface area (Å²) in [5.74, 6) is 0.215. The van der Waals surface area contributed by atoms with Crippen LogP contribution >= 0.6 is 0 Å². The Balaban J connectivity index is 1.25. The highest BCUT2D eigenvalue weighted by atomic mass is 19.4. The summed E-state index contributed by atoms with van der Waals surface area (Å²) in [5.41, 5.74) is 0.0951. The van der Waals surface area contributed by atoms with Crippen LogP contribution in [0.3, 0.4) is 0 Å². The molecule has 3 fully saturated rings. The molecule has 1 aliphatic carbocycles. The molecule has 0 radical (unpaired) electrons. The lowest BCUT2D eigenvalue weighted by molar-refractivity contribution is -0.137. The molecule has 0 N–H and O–H groups in total. The zero-order valence-corrected chi connectivity index (χ0v) is 18.4. The summed E-state index contributed by atoms with van der Waals surface area (Å²) < 4.78 is 43.9. The summed E-state index contributed by atoms with van der Waals surface area (Å²) in [5, 5.41) is 0. The zero-order chi connectivity index (χ0) is 22.9. The number of piperidine rings is 1. The molecule has 1 aromatic carbocycles. The van der Waals surface area contributed by atoms with E-state index >= 15 is 0 Å². The number of carbonyl (C=O) groups excluding carboxylic acids is 2. The molecular formula is C23H30F3N3O3. The number of halogens is 3. The Hall–Kier alpha value is -2.29. The van der Waals surface area contributed by atoms with E-state index in [0.717, 1.165) is 38.4 Å². The molecule has 32 heavy (non-hydrogen) atoms. The minimum atomic E-state index is -4.33. The molecule has 2 amide bonds. The van der Waals surface area contributed by atoms with E-state index < -0.39 is 11.7 Å². The summed E-state index contributed by atoms with van der Waals surface area (Å²) in [6.45, 7) is 6.24. The fraction of sp³-hybridized carbons (Fsp3) is 0.652. The number of piperazine rings is 1. The lowest BCUT2D eigenvalue weighted by Crippen LogP contribution is -2.51. The second kappa shape index (κ2) is 8.92. The van der Waals surface area contributed by atoms with Gasteiger partial charge in [0, 0.05) is 38.6 Å². The second-order valence-electron chi connectivity index (χ2n) is 9.10. The van der Waals surface area contributed by atoms with E-state index in [1.54, 1.807) is 17.9 Å². The van der Waals surface area contributed by atoms with E-state index in [1.165, 1.54) is 12.1 Å². The number of hydrogen-bond donors (Lipinski definition) is 0. The Morgan fingerprint density at radius 3 is 2.34 bits per heavy atom. The first-order valence-electron chi connectivity index (χ1n) is 11.3. The van der Waals surface area contributed by atoms with Crippen molar-refractivity contribution in [3.05, 3.63) is 35.4 Å². The van der Waals surface area contributed by atoms with Crippen molar-refractivity contribution in [2.75, 3.05) is 45.9 Å². The van der Waals surface area contributed by atoms with Crippen LogP contribution in [0, 0.1) is 11.3 Å². The molecule has 2 heterocycles. The van der Waals surface area contributed by atoms with E-state index in [-0.39, 0.29) is 23.3 Å². The summed E-state index contributed by atoms with van der Waals surface area (Å²) in [6.07, 6.45) is -1.97. The molecule has 2 saturated heterocycles. The number of carbonyl (C=O) groups is 2. The number of benzene rings is 1. The standard InChI is InChI=1S/C23H30F3N3O3/c1-2-32-21(31)29-12-10-28(11-13-29)20(30)19-15-22(19)6-8-27(9-7-22)16-17-4-3-5-18(14-17)23(24,25)26/h3-5,14,19H,2,6-13,15-16H2,1H3/t19-/m1/s1. The van der Waals surface area contributed by atoms with E-state index in [1.807, 2.05) is 4.90 Å². The summed E-state index contributed by atoms with van der Waals surface area (Å²) in [6, 6.07) is 5.52. The van der Waals surface area contributed by atoms with Gasteiger partial charge in [-0.05, 0) is 56.3 Å². The van der Waals surface area contributed by atoms with E-state index in [2.05, 4.69) is 4.90 Å². The first-order chi connectivity index (χ1) is 15.2. The fourth-order valence-corrected chi connectivity index (χ4v) is 5.05. The summed E-state index contributed by atoms with van der Waals surface area (Å²) in [7, 11) is 0. The van der Waals surface area contributed by atoms with Crippen LogP contribution in [0.2, 0.25) is 0 Å². The molecule has 4 rings (SSSR count). The third-order valence-electron chi connectivity index (χ3n) is 7.12. The number of nitrogens with zero attached hydrogens (tertiary/aromatic N) is 3. The Bertz CT molecular complexity index is 844. The van der Waals surface area contributed by atoms with Crippen LogP contribution in [0.15, 0.2) is 24.3 Å². The molecule has 1 saturated carbocycles. The van der Waals surface area contributed by atoms with Gasteiger partial charge in [-0.2, -0.15) is 13.2 Å². The highest BCUT2D eigenvalue weighted by molar-refractivity contribution is 5.83. The fourth-order valence-electron chi connectivity index (χ4n) is 5.05. The first kappa shape index (κ1) is 22.9. The predicted molar refractivity (Wildman–Crippen MR) is 112 cm³/mol. The molecule has 0 bridgehead atoms. The van der Waals surface area contributed by atoms with Gasteiger partial charge in [-0.15, -0.1) is 0 Å². The molecule has 176 valence electrons. The molecule has 9 heteroatoms. The minimum Gasteiger partial charge on any atom is -0.450 e. The van der Waals surface area contributed by atoms with Crippen LogP contribution in [0.25, 0.3) is 0 Å². The molecule has 3 aliphatic rings. The number of rotatable bonds is 4. The maximum atomic E-state index is 13.0. The number of hydrogen-bond acceptors (Lipinski definition) is 4. The minimum absolute atomic E-state index is 0.0346. The summed E-state index contributed by atoms with van der Waals surface area (Å²) >= 11 is 0. The van der Waals surface area contributed by atoms with Crippen molar-refractivity contribution in [2.24, 2.45) is 11.3 Å². The van der Waals surface area contributed by atoms with Crippen LogP contribution < -0.4 is 0 Å². The van der Waals surface area contributed by atoms with Gasteiger partial charge < -0.3 is 14.5 Å². The van der Waals surface area contributed by atoms with Crippen molar-refractivity contribution in [1.82, 2.24) is 14.7 Å². The first-order valence-corrected chi connectivity index (χ1v) is 11.3. The van der Waals surface area contributed by atoms with Crippen molar-refractivity contribution >= 4 is 12.0 Å². The maximum absolute atomic E-state index is 13.0. The van der Waals surface area contributed by atoms with Crippen LogP contribution in [-0.4, -0.2) is 72.6 Å². The lowest BCUT2D eigenvalue weighted by atomic mass is 9.90. The van der Waals surface area contributed by atoms with Gasteiger partial charge in [0.25, 0.3) is 0 Å². The molecule has 2 aliphatic heterocycles. The van der Waals surface area contributed by atoms with Gasteiger partial charge in [0.15, 0.2) is 0 Å². The Morgan fingerprint density at radius 1 is 1.06 bits per heavy atom. The van der Waals surface area contributed by atoms with Gasteiger partial charge in [0.05, 0.1) is 12.2 Å². The van der Waals surface area contributed by atoms with Crippen molar-refractivity contribution in [2.45, 2.75) is 38.9 Å². The Morgan fingerprint density at radius 2 is 1.72 bits per heavy atom. The number of ether oxygens (including phenoxy) is 1. The van der Waals surface area contributed by atoms with Gasteiger partial charge in [-0.3, -0.25) is 9.69 Å². The molecule has 1 aromatic rings. The third kappa shape index (κ3) is 4.87. The predicted octanol–water partition coefficient (Wildman–Crippen LogP) is 3.61. The van der Waals surface area contributed by atoms with Gasteiger partial charge in [-0.25, -0.2) is 4.79 Å². The van der Waals surface area contributed by atoms with Crippen LogP contribution in [-0.2, 0) is 22.3 Å². The average Bonchev–Trinajstić information content (AvgIpc) is 3.48. The normalized spacial score (nSPS) is 23.3. The zero-order valence-electron chi connectivity index (χ0n) is 18.4. The van der Waals surface area contributed by atoms with Crippen LogP contribution in [0.5, 0.6) is 0 Å². The van der Waals surface area contributed by atoms with E-state index in [4.69, 9.17) is 4.74 Å². The van der Waals surface area contributed by atoms with Crippen LogP contribution in [0.4, 0.5) is 18.0 Å². The topological polar surface area (TPSA) is 53.1 Å². The van der Waals surface area contributed by atoms with E-state index in [9.17, 15) is 22.8 Å². The number of likely N-dealkylation sites (tertiary alicyclic amines) is 1. The summed E-state index contributed by atoms with van der Waals surface area (Å²) in [4.78, 5) is 30.5. The highest BCUT2D eigenvalue weighted by Gasteiger charge is 2.59. The van der Waals surface area contributed by atoms with Crippen molar-refractivity contribution in [1.29, 1.82) is 0 Å². The van der Waals surface area contributed by atoms with Crippen molar-refractivity contribution in [3.63, 3.8) is 0 Å². The third-order valence-corrected chi connectivity index (χ3v) is 7.12.